The molecule has 9 nitrogen and oxygen atoms in total. The molecule has 2 aliphatic heterocycles. The highest BCUT2D eigenvalue weighted by Gasteiger charge is 2.25. The SMILES string of the molecule is CCCCOC(=O)N1CCN(Cc2nn(C3CCCCO3)cc2Oc2ccc(C#N)cc2)CC1. The molecule has 1 atom stereocenters. The monoisotopic (exact) mass is 467 g/mol. The van der Waals surface area contributed by atoms with Gasteiger partial charge in [0.1, 0.15) is 17.7 Å². The zero-order valence-electron chi connectivity index (χ0n) is 19.8. The van der Waals surface area contributed by atoms with Crippen molar-refractivity contribution in [2.45, 2.75) is 51.8 Å². The Morgan fingerprint density at radius 2 is 2.00 bits per heavy atom. The van der Waals surface area contributed by atoms with Gasteiger partial charge in [0.25, 0.3) is 0 Å². The molecule has 0 bridgehead atoms. The van der Waals surface area contributed by atoms with E-state index in [2.05, 4.69) is 17.9 Å². The van der Waals surface area contributed by atoms with Gasteiger partial charge in [-0.3, -0.25) is 4.90 Å². The predicted octanol–water partition coefficient (Wildman–Crippen LogP) is 4.30. The van der Waals surface area contributed by atoms with E-state index in [9.17, 15) is 4.79 Å². The molecule has 0 spiro atoms. The molecular weight excluding hydrogens is 434 g/mol. The summed E-state index contributed by atoms with van der Waals surface area (Å²) in [5.74, 6) is 1.34. The van der Waals surface area contributed by atoms with Gasteiger partial charge in [0, 0.05) is 39.3 Å². The first-order valence-corrected chi connectivity index (χ1v) is 12.2. The number of benzene rings is 1. The van der Waals surface area contributed by atoms with Crippen LogP contribution < -0.4 is 4.74 Å². The van der Waals surface area contributed by atoms with Gasteiger partial charge in [-0.05, 0) is 49.9 Å². The summed E-state index contributed by atoms with van der Waals surface area (Å²) >= 11 is 0. The lowest BCUT2D eigenvalue weighted by Crippen LogP contribution is -2.48. The number of hydrogen-bond acceptors (Lipinski definition) is 7. The minimum atomic E-state index is -0.225. The van der Waals surface area contributed by atoms with Gasteiger partial charge >= 0.3 is 6.09 Å². The summed E-state index contributed by atoms with van der Waals surface area (Å²) in [4.78, 5) is 16.3. The van der Waals surface area contributed by atoms with E-state index in [0.29, 0.717) is 43.3 Å². The average molecular weight is 468 g/mol. The number of rotatable bonds is 8. The first kappa shape index (κ1) is 24.0. The highest BCUT2D eigenvalue weighted by Crippen LogP contribution is 2.30. The zero-order valence-corrected chi connectivity index (χ0v) is 19.8. The maximum Gasteiger partial charge on any atom is 0.409 e. The smallest absolute Gasteiger partial charge is 0.409 e. The van der Waals surface area contributed by atoms with Crippen LogP contribution in [0.5, 0.6) is 11.5 Å². The fourth-order valence-corrected chi connectivity index (χ4v) is 4.11. The molecular formula is C25H33N5O4. The number of aromatic nitrogens is 2. The largest absolute Gasteiger partial charge is 0.454 e. The van der Waals surface area contributed by atoms with Gasteiger partial charge in [0.05, 0.1) is 24.4 Å². The van der Waals surface area contributed by atoms with Gasteiger partial charge in [0.2, 0.25) is 0 Å². The second-order valence-corrected chi connectivity index (χ2v) is 8.71. The Labute approximate surface area is 200 Å². The van der Waals surface area contributed by atoms with Crippen molar-refractivity contribution in [1.29, 1.82) is 5.26 Å². The van der Waals surface area contributed by atoms with E-state index in [4.69, 9.17) is 24.6 Å². The van der Waals surface area contributed by atoms with Crippen LogP contribution in [-0.4, -0.2) is 65.1 Å². The molecule has 1 amide bonds. The molecule has 34 heavy (non-hydrogen) atoms. The highest BCUT2D eigenvalue weighted by molar-refractivity contribution is 5.67. The van der Waals surface area contributed by atoms with Crippen molar-refractivity contribution in [1.82, 2.24) is 19.6 Å². The molecule has 2 saturated heterocycles. The Morgan fingerprint density at radius 1 is 1.21 bits per heavy atom. The molecule has 0 aliphatic carbocycles. The molecule has 0 N–H and O–H groups in total. The Hall–Kier alpha value is -3.09. The Kier molecular flexibility index (Phi) is 8.39. The van der Waals surface area contributed by atoms with E-state index in [1.807, 2.05) is 10.9 Å². The first-order valence-electron chi connectivity index (χ1n) is 12.2. The van der Waals surface area contributed by atoms with Crippen LogP contribution in [0.15, 0.2) is 30.5 Å². The summed E-state index contributed by atoms with van der Waals surface area (Å²) in [7, 11) is 0. The zero-order chi connectivity index (χ0) is 23.8. The van der Waals surface area contributed by atoms with E-state index in [-0.39, 0.29) is 12.3 Å². The van der Waals surface area contributed by atoms with Gasteiger partial charge in [-0.1, -0.05) is 13.3 Å². The van der Waals surface area contributed by atoms with Crippen LogP contribution in [0.25, 0.3) is 0 Å². The summed E-state index contributed by atoms with van der Waals surface area (Å²) in [5, 5.41) is 13.9. The molecule has 2 aromatic rings. The minimum Gasteiger partial charge on any atom is -0.454 e. The van der Waals surface area contributed by atoms with Crippen LogP contribution in [0.2, 0.25) is 0 Å². The molecule has 2 aliphatic rings. The number of hydrogen-bond donors (Lipinski definition) is 0. The molecule has 182 valence electrons. The van der Waals surface area contributed by atoms with Crippen LogP contribution >= 0.6 is 0 Å². The molecule has 2 fully saturated rings. The number of nitriles is 1. The number of nitrogens with zero attached hydrogens (tertiary/aromatic N) is 5. The first-order chi connectivity index (χ1) is 16.7. The average Bonchev–Trinajstić information content (AvgIpc) is 3.27. The number of amides is 1. The fraction of sp³-hybridized carbons (Fsp3) is 0.560. The molecule has 9 heteroatoms. The standard InChI is InChI=1S/C25H33N5O4/c1-2-3-15-33-25(31)29-13-11-28(12-14-29)18-22-23(34-21-9-7-20(17-26)8-10-21)19-30(27-22)24-6-4-5-16-32-24/h7-10,19,24H,2-6,11-16,18H2,1H3. The predicted molar refractivity (Wildman–Crippen MR) is 125 cm³/mol. The van der Waals surface area contributed by atoms with Gasteiger partial charge in [0.15, 0.2) is 5.75 Å². The van der Waals surface area contributed by atoms with Crippen molar-refractivity contribution in [3.05, 3.63) is 41.7 Å². The van der Waals surface area contributed by atoms with Crippen LogP contribution in [-0.2, 0) is 16.0 Å². The molecule has 0 radical (unpaired) electrons. The summed E-state index contributed by atoms with van der Waals surface area (Å²) < 4.78 is 19.3. The van der Waals surface area contributed by atoms with Crippen molar-refractivity contribution >= 4 is 6.09 Å². The third-order valence-corrected chi connectivity index (χ3v) is 6.16. The molecule has 0 saturated carbocycles. The van der Waals surface area contributed by atoms with Crippen molar-refractivity contribution < 1.29 is 19.0 Å². The van der Waals surface area contributed by atoms with Gasteiger partial charge in [-0.15, -0.1) is 0 Å². The van der Waals surface area contributed by atoms with E-state index in [0.717, 1.165) is 57.5 Å². The van der Waals surface area contributed by atoms with E-state index in [1.54, 1.807) is 29.2 Å². The quantitative estimate of drug-likeness (QED) is 0.534. The van der Waals surface area contributed by atoms with Crippen LogP contribution in [0.3, 0.4) is 0 Å². The lowest BCUT2D eigenvalue weighted by Gasteiger charge is -2.33. The molecule has 1 aromatic heterocycles. The van der Waals surface area contributed by atoms with Crippen LogP contribution in [0.1, 0.15) is 56.5 Å². The molecule has 4 rings (SSSR count). The molecule has 1 unspecified atom stereocenters. The summed E-state index contributed by atoms with van der Waals surface area (Å²) in [5.41, 5.74) is 1.42. The third kappa shape index (κ3) is 6.27. The lowest BCUT2D eigenvalue weighted by molar-refractivity contribution is -0.0399. The maximum absolute atomic E-state index is 12.2. The van der Waals surface area contributed by atoms with Crippen LogP contribution in [0.4, 0.5) is 4.79 Å². The van der Waals surface area contributed by atoms with Crippen LogP contribution in [0, 0.1) is 11.3 Å². The fourth-order valence-electron chi connectivity index (χ4n) is 4.11. The lowest BCUT2D eigenvalue weighted by atomic mass is 10.2. The number of carbonyl (C=O) groups excluding carboxylic acids is 1. The second kappa shape index (κ2) is 11.9. The summed E-state index contributed by atoms with van der Waals surface area (Å²) in [6.07, 6.45) is 6.61. The van der Waals surface area contributed by atoms with Gasteiger partial charge < -0.3 is 19.1 Å². The minimum absolute atomic E-state index is 0.0828. The van der Waals surface area contributed by atoms with Gasteiger partial charge in [-0.2, -0.15) is 10.4 Å². The van der Waals surface area contributed by atoms with Crippen molar-refractivity contribution in [3.63, 3.8) is 0 Å². The Balaban J connectivity index is 1.42. The van der Waals surface area contributed by atoms with E-state index in [1.165, 1.54) is 0 Å². The Bertz CT molecular complexity index is 970. The van der Waals surface area contributed by atoms with E-state index < -0.39 is 0 Å². The topological polar surface area (TPSA) is 92.8 Å². The normalized spacial score (nSPS) is 18.9. The number of ether oxygens (including phenoxy) is 3. The van der Waals surface area contributed by atoms with Crippen molar-refractivity contribution in [3.8, 4) is 17.6 Å². The second-order valence-electron chi connectivity index (χ2n) is 8.71. The number of unbranched alkanes of at least 4 members (excludes halogenated alkanes) is 1. The van der Waals surface area contributed by atoms with Crippen molar-refractivity contribution in [2.24, 2.45) is 0 Å². The third-order valence-electron chi connectivity index (χ3n) is 6.16. The van der Waals surface area contributed by atoms with Crippen molar-refractivity contribution in [2.75, 3.05) is 39.4 Å². The molecule has 1 aromatic carbocycles. The van der Waals surface area contributed by atoms with E-state index >= 15 is 0 Å². The Morgan fingerprint density at radius 3 is 2.68 bits per heavy atom. The summed E-state index contributed by atoms with van der Waals surface area (Å²) in [6.45, 7) is 6.65. The maximum atomic E-state index is 12.2. The summed E-state index contributed by atoms with van der Waals surface area (Å²) in [6, 6.07) is 9.18. The molecule has 3 heterocycles. The van der Waals surface area contributed by atoms with Gasteiger partial charge in [-0.25, -0.2) is 9.48 Å². The highest BCUT2D eigenvalue weighted by atomic mass is 16.6. The number of carbonyl (C=O) groups is 1. The number of piperazine rings is 1.